The maximum Gasteiger partial charge on any atom is 0.119 e. The van der Waals surface area contributed by atoms with Crippen LogP contribution in [0.1, 0.15) is 47.9 Å². The minimum absolute atomic E-state index is 0.252. The summed E-state index contributed by atoms with van der Waals surface area (Å²) in [6.07, 6.45) is 1.77. The number of phenols is 2. The molecule has 26 heavy (non-hydrogen) atoms. The lowest BCUT2D eigenvalue weighted by Gasteiger charge is -2.16. The summed E-state index contributed by atoms with van der Waals surface area (Å²) in [7, 11) is 0. The molecule has 2 N–H and O–H groups in total. The second kappa shape index (κ2) is 8.09. The summed E-state index contributed by atoms with van der Waals surface area (Å²) in [5.41, 5.74) is 4.51. The number of para-hydroxylation sites is 2. The van der Waals surface area contributed by atoms with Crippen molar-refractivity contribution in [2.45, 2.75) is 38.5 Å². The van der Waals surface area contributed by atoms with E-state index in [1.807, 2.05) is 36.4 Å². The highest BCUT2D eigenvalue weighted by Gasteiger charge is 2.13. The molecule has 0 aliphatic rings. The molecule has 0 radical (unpaired) electrons. The molecule has 2 unspecified atom stereocenters. The van der Waals surface area contributed by atoms with Gasteiger partial charge >= 0.3 is 0 Å². The van der Waals surface area contributed by atoms with Gasteiger partial charge in [0.05, 0.1) is 0 Å². The van der Waals surface area contributed by atoms with Crippen molar-refractivity contribution in [2.24, 2.45) is 0 Å². The summed E-state index contributed by atoms with van der Waals surface area (Å²) >= 11 is 0. The van der Waals surface area contributed by atoms with Crippen LogP contribution in [0.4, 0.5) is 0 Å². The van der Waals surface area contributed by atoms with E-state index in [-0.39, 0.29) is 11.8 Å². The second-order valence-electron chi connectivity index (χ2n) is 7.15. The maximum absolute atomic E-state index is 10.1. The van der Waals surface area contributed by atoms with Gasteiger partial charge in [0.2, 0.25) is 0 Å². The Morgan fingerprint density at radius 3 is 1.46 bits per heavy atom. The van der Waals surface area contributed by atoms with Crippen LogP contribution in [0.15, 0.2) is 72.8 Å². The lowest BCUT2D eigenvalue weighted by atomic mass is 9.89. The van der Waals surface area contributed by atoms with Crippen LogP contribution in [0.5, 0.6) is 11.5 Å². The Bertz CT molecular complexity index is 801. The molecule has 0 bridgehead atoms. The van der Waals surface area contributed by atoms with E-state index < -0.39 is 0 Å². The van der Waals surface area contributed by atoms with Crippen molar-refractivity contribution >= 4 is 0 Å². The average Bonchev–Trinajstić information content (AvgIpc) is 2.62. The van der Waals surface area contributed by atoms with Crippen molar-refractivity contribution in [3.05, 3.63) is 95.1 Å². The first-order valence-electron chi connectivity index (χ1n) is 9.18. The van der Waals surface area contributed by atoms with Gasteiger partial charge in [0.15, 0.2) is 0 Å². The molecule has 0 saturated carbocycles. The van der Waals surface area contributed by atoms with Crippen molar-refractivity contribution in [1.82, 2.24) is 0 Å². The topological polar surface area (TPSA) is 40.5 Å². The quantitative estimate of drug-likeness (QED) is 0.593. The van der Waals surface area contributed by atoms with Crippen LogP contribution in [-0.4, -0.2) is 10.2 Å². The highest BCUT2D eigenvalue weighted by molar-refractivity contribution is 5.38. The van der Waals surface area contributed by atoms with Crippen LogP contribution in [0.2, 0.25) is 0 Å². The minimum Gasteiger partial charge on any atom is -0.508 e. The van der Waals surface area contributed by atoms with E-state index in [2.05, 4.69) is 38.1 Å². The van der Waals surface area contributed by atoms with E-state index in [4.69, 9.17) is 0 Å². The Labute approximate surface area is 155 Å². The molecule has 0 aliphatic carbocycles. The maximum atomic E-state index is 10.1. The number of hydrogen-bond acceptors (Lipinski definition) is 2. The molecule has 0 fully saturated rings. The number of benzene rings is 3. The molecule has 134 valence electrons. The number of phenolic OH excluding ortho intramolecular Hbond substituents is 2. The third-order valence-electron chi connectivity index (χ3n) is 5.01. The second-order valence-corrected chi connectivity index (χ2v) is 7.15. The van der Waals surface area contributed by atoms with Crippen molar-refractivity contribution in [1.29, 1.82) is 0 Å². The Morgan fingerprint density at radius 1 is 0.615 bits per heavy atom. The van der Waals surface area contributed by atoms with Crippen LogP contribution >= 0.6 is 0 Å². The van der Waals surface area contributed by atoms with E-state index in [1.54, 1.807) is 12.1 Å². The molecule has 0 amide bonds. The summed E-state index contributed by atoms with van der Waals surface area (Å²) in [6, 6.07) is 23.7. The van der Waals surface area contributed by atoms with Crippen LogP contribution in [0.25, 0.3) is 0 Å². The Morgan fingerprint density at radius 2 is 1.04 bits per heavy atom. The number of hydrogen-bond donors (Lipinski definition) is 2. The van der Waals surface area contributed by atoms with Crippen molar-refractivity contribution < 1.29 is 10.2 Å². The van der Waals surface area contributed by atoms with E-state index in [0.717, 1.165) is 24.0 Å². The van der Waals surface area contributed by atoms with Gasteiger partial charge in [0, 0.05) is 0 Å². The van der Waals surface area contributed by atoms with Crippen molar-refractivity contribution in [3.63, 3.8) is 0 Å². The largest absolute Gasteiger partial charge is 0.508 e. The van der Waals surface area contributed by atoms with Crippen molar-refractivity contribution in [3.8, 4) is 11.5 Å². The van der Waals surface area contributed by atoms with Gasteiger partial charge in [-0.25, -0.2) is 0 Å². The molecule has 3 aromatic rings. The van der Waals surface area contributed by atoms with E-state index in [9.17, 15) is 10.2 Å². The van der Waals surface area contributed by atoms with Crippen LogP contribution in [0.3, 0.4) is 0 Å². The smallest absolute Gasteiger partial charge is 0.119 e. The number of rotatable bonds is 6. The molecule has 0 saturated heterocycles. The molecule has 2 nitrogen and oxygen atoms in total. The van der Waals surface area contributed by atoms with Gasteiger partial charge in [0.1, 0.15) is 11.5 Å². The summed E-state index contributed by atoms with van der Waals surface area (Å²) in [5, 5.41) is 20.1. The molecule has 0 spiro atoms. The Hall–Kier alpha value is -2.74. The zero-order chi connectivity index (χ0) is 18.5. The molecule has 3 aromatic carbocycles. The SMILES string of the molecule is CC(Cc1cccc(CC(C)c2ccccc2O)c1)c1ccccc1O. The summed E-state index contributed by atoms with van der Waals surface area (Å²) in [5.74, 6) is 1.23. The molecule has 2 heteroatoms. The van der Waals surface area contributed by atoms with Crippen LogP contribution in [-0.2, 0) is 12.8 Å². The Balaban J connectivity index is 1.72. The van der Waals surface area contributed by atoms with Gasteiger partial charge in [-0.2, -0.15) is 0 Å². The average molecular weight is 346 g/mol. The monoisotopic (exact) mass is 346 g/mol. The normalized spacial score (nSPS) is 13.3. The molecule has 0 aliphatic heterocycles. The lowest BCUT2D eigenvalue weighted by molar-refractivity contribution is 0.462. The highest BCUT2D eigenvalue weighted by Crippen LogP contribution is 2.30. The summed E-state index contributed by atoms with van der Waals surface area (Å²) in [6.45, 7) is 4.29. The van der Waals surface area contributed by atoms with Gasteiger partial charge < -0.3 is 10.2 Å². The third-order valence-corrected chi connectivity index (χ3v) is 5.01. The van der Waals surface area contributed by atoms with Gasteiger partial charge in [-0.3, -0.25) is 0 Å². The van der Waals surface area contributed by atoms with E-state index in [1.165, 1.54) is 11.1 Å². The number of aromatic hydroxyl groups is 2. The predicted molar refractivity (Wildman–Crippen MR) is 107 cm³/mol. The fraction of sp³-hybridized carbons (Fsp3) is 0.250. The first-order chi connectivity index (χ1) is 12.5. The lowest BCUT2D eigenvalue weighted by Crippen LogP contribution is -2.02. The van der Waals surface area contributed by atoms with Crippen LogP contribution in [0, 0.1) is 0 Å². The zero-order valence-corrected chi connectivity index (χ0v) is 15.4. The molecular formula is C24H26O2. The van der Waals surface area contributed by atoms with Gasteiger partial charge in [-0.1, -0.05) is 74.5 Å². The van der Waals surface area contributed by atoms with Gasteiger partial charge in [-0.05, 0) is 59.1 Å². The minimum atomic E-state index is 0.252. The standard InChI is InChI=1S/C24H26O2/c1-17(21-10-3-5-12-23(21)25)14-19-8-7-9-20(16-19)15-18(2)22-11-4-6-13-24(22)26/h3-13,16-18,25-26H,14-15H2,1-2H3. The van der Waals surface area contributed by atoms with Gasteiger partial charge in [-0.15, -0.1) is 0 Å². The summed E-state index contributed by atoms with van der Waals surface area (Å²) in [4.78, 5) is 0. The molecule has 0 heterocycles. The highest BCUT2D eigenvalue weighted by atomic mass is 16.3. The fourth-order valence-corrected chi connectivity index (χ4v) is 3.62. The first kappa shape index (κ1) is 18.1. The third kappa shape index (κ3) is 4.26. The summed E-state index contributed by atoms with van der Waals surface area (Å²) < 4.78 is 0. The zero-order valence-electron chi connectivity index (χ0n) is 15.4. The van der Waals surface area contributed by atoms with Crippen molar-refractivity contribution in [2.75, 3.05) is 0 Å². The van der Waals surface area contributed by atoms with E-state index >= 15 is 0 Å². The van der Waals surface area contributed by atoms with Crippen LogP contribution < -0.4 is 0 Å². The molecule has 0 aromatic heterocycles. The molecule has 3 rings (SSSR count). The first-order valence-corrected chi connectivity index (χ1v) is 9.18. The fourth-order valence-electron chi connectivity index (χ4n) is 3.62. The Kier molecular flexibility index (Phi) is 5.62. The predicted octanol–water partition coefficient (Wildman–Crippen LogP) is 5.79. The van der Waals surface area contributed by atoms with E-state index in [0.29, 0.717) is 11.5 Å². The molecular weight excluding hydrogens is 320 g/mol. The van der Waals surface area contributed by atoms with Gasteiger partial charge in [0.25, 0.3) is 0 Å². The molecule has 2 atom stereocenters.